The van der Waals surface area contributed by atoms with E-state index in [4.69, 9.17) is 10.4 Å². The summed E-state index contributed by atoms with van der Waals surface area (Å²) in [7, 11) is 0. The molecule has 1 N–H and O–H groups in total. The molecule has 0 saturated carbocycles. The van der Waals surface area contributed by atoms with Gasteiger partial charge in [0, 0.05) is 24.1 Å². The maximum absolute atomic E-state index is 12.9. The van der Waals surface area contributed by atoms with Crippen LogP contribution in [-0.2, 0) is 6.42 Å². The van der Waals surface area contributed by atoms with Crippen molar-refractivity contribution in [1.29, 1.82) is 5.26 Å². The van der Waals surface area contributed by atoms with Crippen LogP contribution >= 0.6 is 0 Å². The van der Waals surface area contributed by atoms with Crippen molar-refractivity contribution in [3.8, 4) is 11.8 Å². The van der Waals surface area contributed by atoms with E-state index in [9.17, 15) is 8.78 Å². The Morgan fingerprint density at radius 3 is 2.31 bits per heavy atom. The Balaban J connectivity index is 3.00. The molecule has 0 aromatic heterocycles. The predicted molar refractivity (Wildman–Crippen MR) is 42.0 cm³/mol. The van der Waals surface area contributed by atoms with E-state index in [0.717, 1.165) is 12.1 Å². The normalized spacial score (nSPS) is 9.62. The predicted octanol–water partition coefficient (Wildman–Crippen LogP) is 2.13. The molecule has 0 heterocycles. The molecule has 0 radical (unpaired) electrons. The van der Waals surface area contributed by atoms with Crippen LogP contribution < -0.4 is 0 Å². The number of phenols is 1. The summed E-state index contributed by atoms with van der Waals surface area (Å²) in [6, 6.07) is 3.45. The van der Waals surface area contributed by atoms with Crippen molar-refractivity contribution in [2.75, 3.05) is 0 Å². The summed E-state index contributed by atoms with van der Waals surface area (Å²) in [5.74, 6) is -2.07. The number of hydrogen-bond donors (Lipinski definition) is 1. The third-order valence-corrected chi connectivity index (χ3v) is 1.61. The average molecular weight is 183 g/mol. The second kappa shape index (κ2) is 3.85. The number of aromatic hydroxyl groups is 1. The van der Waals surface area contributed by atoms with Crippen molar-refractivity contribution >= 4 is 0 Å². The fraction of sp³-hybridized carbons (Fsp3) is 0.222. The van der Waals surface area contributed by atoms with Gasteiger partial charge in [0.05, 0.1) is 6.07 Å². The van der Waals surface area contributed by atoms with Gasteiger partial charge in [0.15, 0.2) is 0 Å². The van der Waals surface area contributed by atoms with E-state index in [1.807, 2.05) is 0 Å². The molecule has 0 bridgehead atoms. The molecular weight excluding hydrogens is 176 g/mol. The maximum atomic E-state index is 12.9. The SMILES string of the molecule is N#CCCc1c(F)cc(O)cc1F. The molecular formula is C9H7F2NO. The van der Waals surface area contributed by atoms with Crippen molar-refractivity contribution in [3.05, 3.63) is 29.3 Å². The van der Waals surface area contributed by atoms with Gasteiger partial charge >= 0.3 is 0 Å². The highest BCUT2D eigenvalue weighted by atomic mass is 19.1. The molecule has 0 amide bonds. The Labute approximate surface area is 74.0 Å². The van der Waals surface area contributed by atoms with Crippen molar-refractivity contribution < 1.29 is 13.9 Å². The fourth-order valence-electron chi connectivity index (χ4n) is 1.01. The van der Waals surface area contributed by atoms with E-state index >= 15 is 0 Å². The van der Waals surface area contributed by atoms with Gasteiger partial charge < -0.3 is 5.11 Å². The zero-order valence-electron chi connectivity index (χ0n) is 6.72. The van der Waals surface area contributed by atoms with E-state index in [1.165, 1.54) is 0 Å². The lowest BCUT2D eigenvalue weighted by Crippen LogP contribution is -1.94. The van der Waals surface area contributed by atoms with Crippen LogP contribution in [-0.4, -0.2) is 5.11 Å². The van der Waals surface area contributed by atoms with Gasteiger partial charge in [-0.25, -0.2) is 8.78 Å². The highest BCUT2D eigenvalue weighted by Crippen LogP contribution is 2.20. The van der Waals surface area contributed by atoms with Crippen molar-refractivity contribution in [2.45, 2.75) is 12.8 Å². The molecule has 0 spiro atoms. The first kappa shape index (κ1) is 9.46. The molecule has 13 heavy (non-hydrogen) atoms. The van der Waals surface area contributed by atoms with Gasteiger partial charge in [0.25, 0.3) is 0 Å². The van der Waals surface area contributed by atoms with Crippen molar-refractivity contribution in [2.24, 2.45) is 0 Å². The van der Waals surface area contributed by atoms with Gasteiger partial charge in [-0.1, -0.05) is 0 Å². The van der Waals surface area contributed by atoms with Crippen LogP contribution in [0.2, 0.25) is 0 Å². The molecule has 0 fully saturated rings. The summed E-state index contributed by atoms with van der Waals surface area (Å²) in [4.78, 5) is 0. The molecule has 4 heteroatoms. The van der Waals surface area contributed by atoms with Crippen LogP contribution in [0.4, 0.5) is 8.78 Å². The molecule has 0 saturated heterocycles. The minimum Gasteiger partial charge on any atom is -0.508 e. The van der Waals surface area contributed by atoms with E-state index < -0.39 is 17.4 Å². The summed E-state index contributed by atoms with van der Waals surface area (Å²) in [6.07, 6.45) is 0.0765. The lowest BCUT2D eigenvalue weighted by Gasteiger charge is -2.02. The first-order valence-corrected chi connectivity index (χ1v) is 3.69. The summed E-state index contributed by atoms with van der Waals surface area (Å²) >= 11 is 0. The van der Waals surface area contributed by atoms with Crippen LogP contribution in [0.15, 0.2) is 12.1 Å². The topological polar surface area (TPSA) is 44.0 Å². The monoisotopic (exact) mass is 183 g/mol. The Hall–Kier alpha value is -1.63. The minimum absolute atomic E-state index is 0.0223. The summed E-state index contributed by atoms with van der Waals surface area (Å²) in [6.45, 7) is 0. The number of halogens is 2. The van der Waals surface area contributed by atoms with Gasteiger partial charge in [-0.3, -0.25) is 0 Å². The Kier molecular flexibility index (Phi) is 2.80. The number of rotatable bonds is 2. The molecule has 0 aliphatic rings. The van der Waals surface area contributed by atoms with Crippen LogP contribution in [0.3, 0.4) is 0 Å². The summed E-state index contributed by atoms with van der Waals surface area (Å²) < 4.78 is 25.9. The Bertz CT molecular complexity index is 334. The number of phenolic OH excluding ortho intramolecular Hbond substituents is 1. The lowest BCUT2D eigenvalue weighted by molar-refractivity contribution is 0.456. The third kappa shape index (κ3) is 2.15. The Morgan fingerprint density at radius 1 is 1.31 bits per heavy atom. The van der Waals surface area contributed by atoms with Crippen molar-refractivity contribution in [3.63, 3.8) is 0 Å². The maximum Gasteiger partial charge on any atom is 0.133 e. The van der Waals surface area contributed by atoms with Gasteiger partial charge in [-0.05, 0) is 6.42 Å². The minimum atomic E-state index is -0.812. The molecule has 0 aliphatic carbocycles. The zero-order valence-corrected chi connectivity index (χ0v) is 6.72. The van der Waals surface area contributed by atoms with Gasteiger partial charge in [0.2, 0.25) is 0 Å². The summed E-state index contributed by atoms with van der Waals surface area (Å²) in [5, 5.41) is 17.0. The van der Waals surface area contributed by atoms with Gasteiger partial charge in [-0.15, -0.1) is 0 Å². The quantitative estimate of drug-likeness (QED) is 0.763. The molecule has 0 aliphatic heterocycles. The van der Waals surface area contributed by atoms with E-state index in [1.54, 1.807) is 6.07 Å². The van der Waals surface area contributed by atoms with Gasteiger partial charge in [-0.2, -0.15) is 5.26 Å². The molecule has 1 aromatic rings. The molecule has 1 rings (SSSR count). The number of nitriles is 1. The fourth-order valence-corrected chi connectivity index (χ4v) is 1.01. The lowest BCUT2D eigenvalue weighted by atomic mass is 10.1. The van der Waals surface area contributed by atoms with E-state index in [2.05, 4.69) is 0 Å². The summed E-state index contributed by atoms with van der Waals surface area (Å²) in [5.41, 5.74) is -0.153. The second-order valence-electron chi connectivity index (χ2n) is 2.55. The number of nitrogens with zero attached hydrogens (tertiary/aromatic N) is 1. The first-order chi connectivity index (χ1) is 6.15. The molecule has 2 nitrogen and oxygen atoms in total. The van der Waals surface area contributed by atoms with E-state index in [0.29, 0.717) is 0 Å². The highest BCUT2D eigenvalue weighted by Gasteiger charge is 2.09. The zero-order chi connectivity index (χ0) is 9.84. The third-order valence-electron chi connectivity index (χ3n) is 1.61. The van der Waals surface area contributed by atoms with Crippen molar-refractivity contribution in [1.82, 2.24) is 0 Å². The largest absolute Gasteiger partial charge is 0.508 e. The highest BCUT2D eigenvalue weighted by molar-refractivity contribution is 5.29. The first-order valence-electron chi connectivity index (χ1n) is 3.69. The second-order valence-corrected chi connectivity index (χ2v) is 2.55. The smallest absolute Gasteiger partial charge is 0.133 e. The Morgan fingerprint density at radius 2 is 1.85 bits per heavy atom. The van der Waals surface area contributed by atoms with Crippen LogP contribution in [0.1, 0.15) is 12.0 Å². The molecule has 0 atom stereocenters. The van der Waals surface area contributed by atoms with Gasteiger partial charge in [0.1, 0.15) is 17.4 Å². The number of hydrogen-bond acceptors (Lipinski definition) is 2. The van der Waals surface area contributed by atoms with Crippen LogP contribution in [0, 0.1) is 23.0 Å². The average Bonchev–Trinajstić information content (AvgIpc) is 2.02. The molecule has 0 unspecified atom stereocenters. The van der Waals surface area contributed by atoms with E-state index in [-0.39, 0.29) is 18.4 Å². The molecule has 1 aromatic carbocycles. The van der Waals surface area contributed by atoms with Crippen LogP contribution in [0.5, 0.6) is 5.75 Å². The number of benzene rings is 1. The van der Waals surface area contributed by atoms with Crippen LogP contribution in [0.25, 0.3) is 0 Å². The molecule has 68 valence electrons. The standard InChI is InChI=1S/C9H7F2NO/c10-8-4-6(13)5-9(11)7(8)2-1-3-12/h4-5,13H,1-2H2.